The lowest BCUT2D eigenvalue weighted by molar-refractivity contribution is 0.134. The van der Waals surface area contributed by atoms with Gasteiger partial charge >= 0.3 is 6.09 Å². The first-order valence-corrected chi connectivity index (χ1v) is 5.82. The molecule has 0 aliphatic heterocycles. The van der Waals surface area contributed by atoms with Gasteiger partial charge in [-0.3, -0.25) is 0 Å². The molecule has 18 heavy (non-hydrogen) atoms. The molecule has 1 aromatic rings. The fraction of sp³-hybridized carbons (Fsp3) is 0.429. The van der Waals surface area contributed by atoms with Gasteiger partial charge in [-0.25, -0.2) is 9.80 Å². The largest absolute Gasteiger partial charge is 0.451 e. The molecule has 0 bridgehead atoms. The number of ether oxygens (including phenoxy) is 1. The van der Waals surface area contributed by atoms with Gasteiger partial charge in [0.25, 0.3) is 0 Å². The van der Waals surface area contributed by atoms with E-state index < -0.39 is 6.09 Å². The first-order valence-electron chi connectivity index (χ1n) is 5.82. The lowest BCUT2D eigenvalue weighted by Crippen LogP contribution is -2.28. The molecule has 0 saturated carbocycles. The molecule has 1 amide bonds. The molecule has 98 valence electrons. The highest BCUT2D eigenvalue weighted by Gasteiger charge is 2.22. The van der Waals surface area contributed by atoms with Gasteiger partial charge in [0.2, 0.25) is 0 Å². The average Bonchev–Trinajstić information content (AvgIpc) is 2.34. The number of carbonyl (C=O) groups is 1. The standard InChI is InChI=1S/C14H20N2O2/c1-14(2,3)12(11-9-7-6-8-10-11)15-16(4)13(17)18-5/h6-10H,1-5H3/b15-12+. The fourth-order valence-electron chi connectivity index (χ4n) is 1.56. The minimum Gasteiger partial charge on any atom is -0.451 e. The Morgan fingerprint density at radius 1 is 1.22 bits per heavy atom. The third-order valence-electron chi connectivity index (χ3n) is 2.45. The molecule has 0 aliphatic rings. The van der Waals surface area contributed by atoms with Gasteiger partial charge in [0, 0.05) is 12.5 Å². The summed E-state index contributed by atoms with van der Waals surface area (Å²) >= 11 is 0. The average molecular weight is 248 g/mol. The molecule has 1 rings (SSSR count). The highest BCUT2D eigenvalue weighted by molar-refractivity contribution is 6.04. The number of carbonyl (C=O) groups excluding carboxylic acids is 1. The topological polar surface area (TPSA) is 41.9 Å². The van der Waals surface area contributed by atoms with Crippen molar-refractivity contribution in [1.29, 1.82) is 0 Å². The van der Waals surface area contributed by atoms with E-state index in [1.54, 1.807) is 7.05 Å². The highest BCUT2D eigenvalue weighted by Crippen LogP contribution is 2.22. The second-order valence-corrected chi connectivity index (χ2v) is 5.06. The van der Waals surface area contributed by atoms with Crippen LogP contribution in [0, 0.1) is 5.41 Å². The quantitative estimate of drug-likeness (QED) is 0.596. The van der Waals surface area contributed by atoms with E-state index in [2.05, 4.69) is 30.6 Å². The summed E-state index contributed by atoms with van der Waals surface area (Å²) in [4.78, 5) is 11.4. The van der Waals surface area contributed by atoms with Gasteiger partial charge in [-0.1, -0.05) is 51.1 Å². The Morgan fingerprint density at radius 3 is 2.22 bits per heavy atom. The lowest BCUT2D eigenvalue weighted by atomic mass is 9.86. The number of nitrogens with zero attached hydrogens (tertiary/aromatic N) is 2. The van der Waals surface area contributed by atoms with E-state index in [-0.39, 0.29) is 5.41 Å². The Hall–Kier alpha value is -1.84. The number of hydrogen-bond donors (Lipinski definition) is 0. The minimum absolute atomic E-state index is 0.163. The fourth-order valence-corrected chi connectivity index (χ4v) is 1.56. The Balaban J connectivity index is 3.16. The molecular weight excluding hydrogens is 228 g/mol. The van der Waals surface area contributed by atoms with Crippen molar-refractivity contribution in [3.05, 3.63) is 35.9 Å². The molecule has 0 unspecified atom stereocenters. The van der Waals surface area contributed by atoms with Crippen LogP contribution in [-0.4, -0.2) is 31.0 Å². The molecule has 0 fully saturated rings. The van der Waals surface area contributed by atoms with Gasteiger partial charge in [0.15, 0.2) is 0 Å². The third kappa shape index (κ3) is 3.58. The van der Waals surface area contributed by atoms with Crippen LogP contribution in [-0.2, 0) is 4.74 Å². The Kier molecular flexibility index (Phi) is 4.48. The number of benzene rings is 1. The summed E-state index contributed by atoms with van der Waals surface area (Å²) in [6.45, 7) is 6.18. The summed E-state index contributed by atoms with van der Waals surface area (Å²) in [6.07, 6.45) is -0.479. The van der Waals surface area contributed by atoms with Gasteiger partial charge in [0.1, 0.15) is 0 Å². The summed E-state index contributed by atoms with van der Waals surface area (Å²) in [5.74, 6) is 0. The molecule has 0 saturated heterocycles. The maximum Gasteiger partial charge on any atom is 0.429 e. The monoisotopic (exact) mass is 248 g/mol. The molecule has 0 radical (unpaired) electrons. The zero-order chi connectivity index (χ0) is 13.8. The Morgan fingerprint density at radius 2 is 1.78 bits per heavy atom. The van der Waals surface area contributed by atoms with Crippen LogP contribution in [0.5, 0.6) is 0 Å². The molecule has 0 spiro atoms. The summed E-state index contributed by atoms with van der Waals surface area (Å²) in [7, 11) is 2.92. The number of hydrogen-bond acceptors (Lipinski definition) is 3. The van der Waals surface area contributed by atoms with E-state index in [0.29, 0.717) is 0 Å². The van der Waals surface area contributed by atoms with Crippen molar-refractivity contribution >= 4 is 11.8 Å². The van der Waals surface area contributed by atoms with Crippen LogP contribution in [0.4, 0.5) is 4.79 Å². The maximum absolute atomic E-state index is 11.4. The summed E-state index contributed by atoms with van der Waals surface area (Å²) in [5, 5.41) is 5.58. The van der Waals surface area contributed by atoms with E-state index in [1.807, 2.05) is 30.3 Å². The predicted octanol–water partition coefficient (Wildman–Crippen LogP) is 3.14. The van der Waals surface area contributed by atoms with Crippen LogP contribution in [0.2, 0.25) is 0 Å². The zero-order valence-electron chi connectivity index (χ0n) is 11.6. The van der Waals surface area contributed by atoms with Crippen molar-refractivity contribution in [2.45, 2.75) is 20.8 Å². The highest BCUT2D eigenvalue weighted by atomic mass is 16.5. The van der Waals surface area contributed by atoms with E-state index in [0.717, 1.165) is 11.3 Å². The third-order valence-corrected chi connectivity index (χ3v) is 2.45. The Labute approximate surface area is 108 Å². The SMILES string of the molecule is COC(=O)N(C)/N=C(\c1ccccc1)C(C)(C)C. The molecule has 0 aromatic heterocycles. The molecule has 0 heterocycles. The van der Waals surface area contributed by atoms with Crippen LogP contribution in [0.25, 0.3) is 0 Å². The van der Waals surface area contributed by atoms with E-state index in [1.165, 1.54) is 12.1 Å². The summed E-state index contributed by atoms with van der Waals surface area (Å²) < 4.78 is 4.64. The van der Waals surface area contributed by atoms with Gasteiger partial charge in [-0.15, -0.1) is 0 Å². The number of hydrazone groups is 1. The van der Waals surface area contributed by atoms with Crippen LogP contribution >= 0.6 is 0 Å². The second-order valence-electron chi connectivity index (χ2n) is 5.06. The van der Waals surface area contributed by atoms with Gasteiger partial charge < -0.3 is 4.74 Å². The first kappa shape index (κ1) is 14.2. The van der Waals surface area contributed by atoms with Crippen LogP contribution in [0.3, 0.4) is 0 Å². The van der Waals surface area contributed by atoms with Crippen molar-refractivity contribution < 1.29 is 9.53 Å². The van der Waals surface area contributed by atoms with Crippen molar-refractivity contribution in [2.75, 3.05) is 14.2 Å². The van der Waals surface area contributed by atoms with Crippen LogP contribution in [0.1, 0.15) is 26.3 Å². The molecule has 4 nitrogen and oxygen atoms in total. The minimum atomic E-state index is -0.479. The molecule has 1 aromatic carbocycles. The zero-order valence-corrected chi connectivity index (χ0v) is 11.6. The number of amides is 1. The molecule has 0 aliphatic carbocycles. The van der Waals surface area contributed by atoms with Gasteiger partial charge in [0.05, 0.1) is 12.8 Å². The van der Waals surface area contributed by atoms with E-state index in [9.17, 15) is 4.79 Å². The molecule has 0 atom stereocenters. The Bertz CT molecular complexity index is 433. The van der Waals surface area contributed by atoms with E-state index >= 15 is 0 Å². The smallest absolute Gasteiger partial charge is 0.429 e. The molecule has 4 heteroatoms. The van der Waals surface area contributed by atoms with Crippen LogP contribution in [0.15, 0.2) is 35.4 Å². The van der Waals surface area contributed by atoms with E-state index in [4.69, 9.17) is 0 Å². The van der Waals surface area contributed by atoms with Crippen molar-refractivity contribution in [3.8, 4) is 0 Å². The molecule has 0 N–H and O–H groups in total. The number of rotatable bonds is 2. The van der Waals surface area contributed by atoms with Gasteiger partial charge in [-0.05, 0) is 5.56 Å². The second kappa shape index (κ2) is 5.67. The normalized spacial score (nSPS) is 12.2. The van der Waals surface area contributed by atoms with Crippen molar-refractivity contribution in [2.24, 2.45) is 10.5 Å². The van der Waals surface area contributed by atoms with Crippen molar-refractivity contribution in [1.82, 2.24) is 5.01 Å². The predicted molar refractivity (Wildman–Crippen MR) is 72.6 cm³/mol. The van der Waals surface area contributed by atoms with Crippen LogP contribution < -0.4 is 0 Å². The molecular formula is C14H20N2O2. The van der Waals surface area contributed by atoms with Crippen molar-refractivity contribution in [3.63, 3.8) is 0 Å². The summed E-state index contributed by atoms with van der Waals surface area (Å²) in [5.41, 5.74) is 1.68. The maximum atomic E-state index is 11.4. The lowest BCUT2D eigenvalue weighted by Gasteiger charge is -2.23. The van der Waals surface area contributed by atoms with Gasteiger partial charge in [-0.2, -0.15) is 5.10 Å². The summed E-state index contributed by atoms with van der Waals surface area (Å²) in [6, 6.07) is 9.82. The first-order chi connectivity index (χ1) is 8.36. The number of methoxy groups -OCH3 is 1.